The second-order valence-corrected chi connectivity index (χ2v) is 8.95. The summed E-state index contributed by atoms with van der Waals surface area (Å²) in [5, 5.41) is 5.67. The fourth-order valence-electron chi connectivity index (χ4n) is 3.95. The van der Waals surface area contributed by atoms with Gasteiger partial charge in [-0.15, -0.1) is 0 Å². The summed E-state index contributed by atoms with van der Waals surface area (Å²) in [6.45, 7) is 5.96. The minimum atomic E-state index is -0.0713. The molecule has 2 amide bonds. The van der Waals surface area contributed by atoms with Gasteiger partial charge in [0.2, 0.25) is 0 Å². The highest BCUT2D eigenvalue weighted by Crippen LogP contribution is 2.25. The Kier molecular flexibility index (Phi) is 6.53. The van der Waals surface area contributed by atoms with Gasteiger partial charge in [0.05, 0.1) is 23.1 Å². The summed E-state index contributed by atoms with van der Waals surface area (Å²) in [6, 6.07) is 14.3. The molecule has 0 atom stereocenters. The van der Waals surface area contributed by atoms with E-state index in [1.165, 1.54) is 0 Å². The highest BCUT2D eigenvalue weighted by Gasteiger charge is 2.29. The van der Waals surface area contributed by atoms with Crippen LogP contribution in [0.1, 0.15) is 46.2 Å². The van der Waals surface area contributed by atoms with E-state index in [9.17, 15) is 9.59 Å². The molecule has 3 aromatic rings. The van der Waals surface area contributed by atoms with Gasteiger partial charge in [0.25, 0.3) is 11.8 Å². The van der Waals surface area contributed by atoms with Gasteiger partial charge in [0, 0.05) is 41.8 Å². The number of rotatable bonds is 4. The van der Waals surface area contributed by atoms with Crippen LogP contribution >= 0.6 is 23.2 Å². The van der Waals surface area contributed by atoms with Crippen molar-refractivity contribution in [1.82, 2.24) is 19.6 Å². The summed E-state index contributed by atoms with van der Waals surface area (Å²) in [5.74, 6) is -0.0420. The van der Waals surface area contributed by atoms with E-state index in [0.29, 0.717) is 47.4 Å². The minimum Gasteiger partial charge on any atom is -0.335 e. The zero-order chi connectivity index (χ0) is 22.8. The summed E-state index contributed by atoms with van der Waals surface area (Å²) in [5.41, 5.74) is 2.86. The molecule has 1 aliphatic rings. The van der Waals surface area contributed by atoms with Crippen LogP contribution < -0.4 is 0 Å². The molecular weight excluding hydrogens is 447 g/mol. The predicted octanol–water partition coefficient (Wildman–Crippen LogP) is 4.90. The van der Waals surface area contributed by atoms with Gasteiger partial charge in [-0.3, -0.25) is 9.59 Å². The fraction of sp³-hybridized carbons (Fsp3) is 0.292. The summed E-state index contributed by atoms with van der Waals surface area (Å²) >= 11 is 12.0. The van der Waals surface area contributed by atoms with Crippen LogP contribution in [0.2, 0.25) is 10.0 Å². The van der Waals surface area contributed by atoms with Gasteiger partial charge in [0.15, 0.2) is 0 Å². The van der Waals surface area contributed by atoms with Crippen LogP contribution in [0, 0.1) is 0 Å². The van der Waals surface area contributed by atoms with E-state index in [0.717, 1.165) is 11.4 Å². The monoisotopic (exact) mass is 470 g/mol. The third-order valence-electron chi connectivity index (χ3n) is 5.58. The Labute approximate surface area is 197 Å². The fourth-order valence-corrected chi connectivity index (χ4v) is 4.27. The Morgan fingerprint density at radius 3 is 2.09 bits per heavy atom. The highest BCUT2D eigenvalue weighted by molar-refractivity contribution is 6.31. The molecule has 0 N–H and O–H groups in total. The molecule has 1 saturated heterocycles. The molecule has 0 aliphatic carbocycles. The van der Waals surface area contributed by atoms with Gasteiger partial charge >= 0.3 is 0 Å². The number of hydrogen-bond acceptors (Lipinski definition) is 3. The van der Waals surface area contributed by atoms with E-state index in [-0.39, 0.29) is 17.7 Å². The molecule has 8 heteroatoms. The molecule has 0 saturated carbocycles. The lowest BCUT2D eigenvalue weighted by molar-refractivity contribution is 0.0534. The Morgan fingerprint density at radius 1 is 0.875 bits per heavy atom. The lowest BCUT2D eigenvalue weighted by Crippen LogP contribution is -2.50. The number of aromatic nitrogens is 2. The smallest absolute Gasteiger partial charge is 0.257 e. The first-order valence-corrected chi connectivity index (χ1v) is 11.3. The number of piperazine rings is 1. The van der Waals surface area contributed by atoms with Crippen molar-refractivity contribution in [3.05, 3.63) is 81.6 Å². The molecule has 32 heavy (non-hydrogen) atoms. The van der Waals surface area contributed by atoms with Crippen molar-refractivity contribution in [2.45, 2.75) is 19.8 Å². The average molecular weight is 471 g/mol. The maximum atomic E-state index is 13.3. The lowest BCUT2D eigenvalue weighted by atomic mass is 10.0. The van der Waals surface area contributed by atoms with E-state index in [1.54, 1.807) is 57.1 Å². The summed E-state index contributed by atoms with van der Waals surface area (Å²) in [4.78, 5) is 29.7. The first kappa shape index (κ1) is 22.4. The molecule has 6 nitrogen and oxygen atoms in total. The Hall–Kier alpha value is -2.83. The standard InChI is InChI=1S/C24H24Cl2N4O2/c1-16(2)22-21(15-27-30(22)20-8-6-18(25)7-9-20)24(32)29-12-10-28(11-13-29)23(31)17-4-3-5-19(26)14-17/h3-9,14-16H,10-13H2,1-2H3. The van der Waals surface area contributed by atoms with Gasteiger partial charge in [-0.2, -0.15) is 5.10 Å². The molecule has 0 bridgehead atoms. The first-order chi connectivity index (χ1) is 15.3. The summed E-state index contributed by atoms with van der Waals surface area (Å²) in [7, 11) is 0. The molecular formula is C24H24Cl2N4O2. The van der Waals surface area contributed by atoms with E-state index in [1.807, 2.05) is 26.0 Å². The number of nitrogens with zero attached hydrogens (tertiary/aromatic N) is 4. The van der Waals surface area contributed by atoms with E-state index >= 15 is 0 Å². The van der Waals surface area contributed by atoms with Crippen molar-refractivity contribution in [1.29, 1.82) is 0 Å². The van der Waals surface area contributed by atoms with Gasteiger partial charge < -0.3 is 9.80 Å². The molecule has 1 aliphatic heterocycles. The van der Waals surface area contributed by atoms with E-state index < -0.39 is 0 Å². The van der Waals surface area contributed by atoms with Crippen LogP contribution in [0.4, 0.5) is 0 Å². The number of carbonyl (C=O) groups is 2. The van der Waals surface area contributed by atoms with Gasteiger partial charge in [-0.1, -0.05) is 43.1 Å². The lowest BCUT2D eigenvalue weighted by Gasteiger charge is -2.35. The third kappa shape index (κ3) is 4.52. The Morgan fingerprint density at radius 2 is 1.50 bits per heavy atom. The van der Waals surface area contributed by atoms with Crippen molar-refractivity contribution >= 4 is 35.0 Å². The molecule has 2 heterocycles. The van der Waals surface area contributed by atoms with Crippen LogP contribution in [0.5, 0.6) is 0 Å². The molecule has 166 valence electrons. The first-order valence-electron chi connectivity index (χ1n) is 10.5. The zero-order valence-electron chi connectivity index (χ0n) is 18.0. The van der Waals surface area contributed by atoms with Crippen molar-refractivity contribution in [2.75, 3.05) is 26.2 Å². The van der Waals surface area contributed by atoms with Crippen molar-refractivity contribution in [2.24, 2.45) is 0 Å². The highest BCUT2D eigenvalue weighted by atomic mass is 35.5. The number of hydrogen-bond donors (Lipinski definition) is 0. The van der Waals surface area contributed by atoms with Crippen molar-refractivity contribution < 1.29 is 9.59 Å². The number of carbonyl (C=O) groups excluding carboxylic acids is 2. The summed E-state index contributed by atoms with van der Waals surface area (Å²) in [6.07, 6.45) is 1.63. The van der Waals surface area contributed by atoms with Crippen LogP contribution in [-0.4, -0.2) is 57.6 Å². The van der Waals surface area contributed by atoms with Crippen LogP contribution in [0.3, 0.4) is 0 Å². The SMILES string of the molecule is CC(C)c1c(C(=O)N2CCN(C(=O)c3cccc(Cl)c3)CC2)cnn1-c1ccc(Cl)cc1. The van der Waals surface area contributed by atoms with Crippen LogP contribution in [0.25, 0.3) is 5.69 Å². The third-order valence-corrected chi connectivity index (χ3v) is 6.07. The van der Waals surface area contributed by atoms with Gasteiger partial charge in [-0.25, -0.2) is 4.68 Å². The molecule has 0 unspecified atom stereocenters. The average Bonchev–Trinajstić information content (AvgIpc) is 3.24. The Bertz CT molecular complexity index is 1130. The van der Waals surface area contributed by atoms with Crippen molar-refractivity contribution in [3.63, 3.8) is 0 Å². The number of benzene rings is 2. The van der Waals surface area contributed by atoms with Crippen LogP contribution in [0.15, 0.2) is 54.7 Å². The van der Waals surface area contributed by atoms with Gasteiger partial charge in [-0.05, 0) is 48.4 Å². The summed E-state index contributed by atoms with van der Waals surface area (Å²) < 4.78 is 1.80. The van der Waals surface area contributed by atoms with E-state index in [2.05, 4.69) is 5.10 Å². The van der Waals surface area contributed by atoms with Crippen molar-refractivity contribution in [3.8, 4) is 5.69 Å². The quantitative estimate of drug-likeness (QED) is 0.544. The molecule has 1 fully saturated rings. The second-order valence-electron chi connectivity index (χ2n) is 8.08. The maximum Gasteiger partial charge on any atom is 0.257 e. The topological polar surface area (TPSA) is 58.4 Å². The number of halogens is 2. The zero-order valence-corrected chi connectivity index (χ0v) is 19.5. The normalized spacial score (nSPS) is 14.2. The predicted molar refractivity (Wildman–Crippen MR) is 126 cm³/mol. The number of amides is 2. The molecule has 0 spiro atoms. The maximum absolute atomic E-state index is 13.3. The largest absolute Gasteiger partial charge is 0.335 e. The van der Waals surface area contributed by atoms with E-state index in [4.69, 9.17) is 23.2 Å². The molecule has 4 rings (SSSR count). The molecule has 2 aromatic carbocycles. The molecule has 1 aromatic heterocycles. The Balaban J connectivity index is 1.50. The molecule has 0 radical (unpaired) electrons. The van der Waals surface area contributed by atoms with Gasteiger partial charge in [0.1, 0.15) is 0 Å². The minimum absolute atomic E-state index is 0.0660. The second kappa shape index (κ2) is 9.35. The van der Waals surface area contributed by atoms with Crippen LogP contribution in [-0.2, 0) is 0 Å².